The van der Waals surface area contributed by atoms with Crippen molar-refractivity contribution >= 4 is 27.7 Å². The minimum absolute atomic E-state index is 0.0187. The summed E-state index contributed by atoms with van der Waals surface area (Å²) in [4.78, 5) is 24.3. The first-order chi connectivity index (χ1) is 7.04. The van der Waals surface area contributed by atoms with E-state index in [4.69, 9.17) is 0 Å². The standard InChI is InChI=1S/C10H17BrN2O2/c1-3-8(11)10(15)12-7-4-5-9(14)13(2)6-7/h7-8H,3-6H2,1-2H3,(H,12,15). The summed E-state index contributed by atoms with van der Waals surface area (Å²) >= 11 is 3.30. The number of hydrogen-bond acceptors (Lipinski definition) is 2. The van der Waals surface area contributed by atoms with Gasteiger partial charge in [0.1, 0.15) is 0 Å². The van der Waals surface area contributed by atoms with E-state index < -0.39 is 0 Å². The monoisotopic (exact) mass is 276 g/mol. The van der Waals surface area contributed by atoms with E-state index in [1.165, 1.54) is 0 Å². The average Bonchev–Trinajstić information content (AvgIpc) is 2.22. The van der Waals surface area contributed by atoms with Crippen LogP contribution in [0.5, 0.6) is 0 Å². The SMILES string of the molecule is CCC(Br)C(=O)NC1CCC(=O)N(C)C1. The Morgan fingerprint density at radius 2 is 2.40 bits per heavy atom. The molecule has 0 saturated carbocycles. The molecule has 1 fully saturated rings. The summed E-state index contributed by atoms with van der Waals surface area (Å²) in [5, 5.41) is 2.94. The van der Waals surface area contributed by atoms with E-state index in [0.29, 0.717) is 13.0 Å². The van der Waals surface area contributed by atoms with Crippen LogP contribution in [0.3, 0.4) is 0 Å². The number of alkyl halides is 1. The Labute approximate surface area is 98.5 Å². The molecule has 2 amide bonds. The zero-order chi connectivity index (χ0) is 11.4. The Balaban J connectivity index is 2.40. The molecule has 2 unspecified atom stereocenters. The van der Waals surface area contributed by atoms with Gasteiger partial charge in [0.05, 0.1) is 4.83 Å². The van der Waals surface area contributed by atoms with Gasteiger partial charge >= 0.3 is 0 Å². The molecule has 15 heavy (non-hydrogen) atoms. The van der Waals surface area contributed by atoms with Gasteiger partial charge in [0.25, 0.3) is 0 Å². The lowest BCUT2D eigenvalue weighted by molar-refractivity contribution is -0.133. The number of carbonyl (C=O) groups excluding carboxylic acids is 2. The number of halogens is 1. The molecule has 1 N–H and O–H groups in total. The second-order valence-electron chi connectivity index (χ2n) is 3.89. The molecule has 1 aliphatic rings. The average molecular weight is 277 g/mol. The minimum Gasteiger partial charge on any atom is -0.351 e. The van der Waals surface area contributed by atoms with Gasteiger partial charge in [-0.2, -0.15) is 0 Å². The molecule has 0 bridgehead atoms. The van der Waals surface area contributed by atoms with E-state index in [2.05, 4.69) is 21.2 Å². The summed E-state index contributed by atoms with van der Waals surface area (Å²) in [7, 11) is 1.77. The lowest BCUT2D eigenvalue weighted by atomic mass is 10.1. The van der Waals surface area contributed by atoms with Crippen molar-refractivity contribution in [2.24, 2.45) is 0 Å². The zero-order valence-electron chi connectivity index (χ0n) is 9.12. The Bertz CT molecular complexity index is 258. The molecule has 4 nitrogen and oxygen atoms in total. The maximum absolute atomic E-state index is 11.6. The van der Waals surface area contributed by atoms with Gasteiger partial charge in [-0.3, -0.25) is 9.59 Å². The highest BCUT2D eigenvalue weighted by atomic mass is 79.9. The lowest BCUT2D eigenvalue weighted by Crippen LogP contribution is -2.50. The highest BCUT2D eigenvalue weighted by molar-refractivity contribution is 9.10. The number of likely N-dealkylation sites (N-methyl/N-ethyl adjacent to an activating group) is 1. The molecule has 1 heterocycles. The van der Waals surface area contributed by atoms with Crippen LogP contribution in [0.2, 0.25) is 0 Å². The number of amides is 2. The van der Waals surface area contributed by atoms with Crippen molar-refractivity contribution in [3.63, 3.8) is 0 Å². The topological polar surface area (TPSA) is 49.4 Å². The molecule has 1 saturated heterocycles. The first kappa shape index (κ1) is 12.5. The van der Waals surface area contributed by atoms with Gasteiger partial charge in [-0.25, -0.2) is 0 Å². The van der Waals surface area contributed by atoms with Crippen molar-refractivity contribution in [3.8, 4) is 0 Å². The van der Waals surface area contributed by atoms with Crippen LogP contribution in [0.4, 0.5) is 0 Å². The number of hydrogen-bond donors (Lipinski definition) is 1. The fraction of sp³-hybridized carbons (Fsp3) is 0.800. The summed E-state index contributed by atoms with van der Waals surface area (Å²) < 4.78 is 0. The van der Waals surface area contributed by atoms with Crippen LogP contribution >= 0.6 is 15.9 Å². The van der Waals surface area contributed by atoms with E-state index in [1.54, 1.807) is 11.9 Å². The summed E-state index contributed by atoms with van der Waals surface area (Å²) in [6.07, 6.45) is 2.05. The van der Waals surface area contributed by atoms with E-state index in [1.807, 2.05) is 6.92 Å². The molecule has 0 radical (unpaired) electrons. The number of carbonyl (C=O) groups is 2. The predicted molar refractivity (Wildman–Crippen MR) is 61.8 cm³/mol. The van der Waals surface area contributed by atoms with Crippen LogP contribution in [0.25, 0.3) is 0 Å². The largest absolute Gasteiger partial charge is 0.351 e. The second-order valence-corrected chi connectivity index (χ2v) is 5.00. The lowest BCUT2D eigenvalue weighted by Gasteiger charge is -2.30. The van der Waals surface area contributed by atoms with Crippen LogP contribution in [0.1, 0.15) is 26.2 Å². The van der Waals surface area contributed by atoms with E-state index in [-0.39, 0.29) is 22.7 Å². The summed E-state index contributed by atoms with van der Waals surface area (Å²) in [6, 6.07) is 0.104. The second kappa shape index (κ2) is 5.49. The molecule has 0 aromatic rings. The fourth-order valence-electron chi connectivity index (χ4n) is 1.61. The number of likely N-dealkylation sites (tertiary alicyclic amines) is 1. The van der Waals surface area contributed by atoms with Gasteiger partial charge in [-0.1, -0.05) is 22.9 Å². The van der Waals surface area contributed by atoms with Gasteiger partial charge in [0.15, 0.2) is 0 Å². The third-order valence-electron chi connectivity index (χ3n) is 2.62. The number of nitrogens with zero attached hydrogens (tertiary/aromatic N) is 1. The summed E-state index contributed by atoms with van der Waals surface area (Å²) in [5.41, 5.74) is 0. The van der Waals surface area contributed by atoms with E-state index >= 15 is 0 Å². The van der Waals surface area contributed by atoms with Crippen LogP contribution in [-0.2, 0) is 9.59 Å². The van der Waals surface area contributed by atoms with E-state index in [0.717, 1.165) is 12.8 Å². The molecule has 0 aromatic heterocycles. The van der Waals surface area contributed by atoms with Crippen molar-refractivity contribution in [2.75, 3.05) is 13.6 Å². The maximum atomic E-state index is 11.6. The van der Waals surface area contributed by atoms with Crippen LogP contribution < -0.4 is 5.32 Å². The van der Waals surface area contributed by atoms with Crippen molar-refractivity contribution in [2.45, 2.75) is 37.1 Å². The number of rotatable bonds is 3. The predicted octanol–water partition coefficient (Wildman–Crippen LogP) is 0.897. The van der Waals surface area contributed by atoms with Crippen molar-refractivity contribution in [1.82, 2.24) is 10.2 Å². The van der Waals surface area contributed by atoms with Gasteiger partial charge < -0.3 is 10.2 Å². The van der Waals surface area contributed by atoms with Gasteiger partial charge in [0, 0.05) is 26.1 Å². The Hall–Kier alpha value is -0.580. The number of nitrogens with one attached hydrogen (secondary N) is 1. The molecule has 0 spiro atoms. The molecule has 0 aliphatic carbocycles. The first-order valence-electron chi connectivity index (χ1n) is 5.23. The molecule has 5 heteroatoms. The van der Waals surface area contributed by atoms with Crippen LogP contribution in [-0.4, -0.2) is 41.2 Å². The molecular formula is C10H17BrN2O2. The normalized spacial score (nSPS) is 23.8. The smallest absolute Gasteiger partial charge is 0.234 e. The molecule has 86 valence electrons. The molecule has 1 rings (SSSR count). The van der Waals surface area contributed by atoms with Gasteiger partial charge in [0.2, 0.25) is 11.8 Å². The third kappa shape index (κ3) is 3.48. The first-order valence-corrected chi connectivity index (χ1v) is 6.14. The van der Waals surface area contributed by atoms with Crippen LogP contribution in [0.15, 0.2) is 0 Å². The van der Waals surface area contributed by atoms with Crippen LogP contribution in [0, 0.1) is 0 Å². The summed E-state index contributed by atoms with van der Waals surface area (Å²) in [6.45, 7) is 2.57. The quantitative estimate of drug-likeness (QED) is 0.779. The zero-order valence-corrected chi connectivity index (χ0v) is 10.7. The summed E-state index contributed by atoms with van der Waals surface area (Å²) in [5.74, 6) is 0.177. The van der Waals surface area contributed by atoms with Gasteiger partial charge in [-0.15, -0.1) is 0 Å². The third-order valence-corrected chi connectivity index (χ3v) is 3.68. The van der Waals surface area contributed by atoms with Crippen molar-refractivity contribution in [3.05, 3.63) is 0 Å². The Kier molecular flexibility index (Phi) is 4.57. The molecular weight excluding hydrogens is 260 g/mol. The number of piperidine rings is 1. The molecule has 2 atom stereocenters. The van der Waals surface area contributed by atoms with E-state index in [9.17, 15) is 9.59 Å². The highest BCUT2D eigenvalue weighted by Gasteiger charge is 2.25. The maximum Gasteiger partial charge on any atom is 0.234 e. The fourth-order valence-corrected chi connectivity index (χ4v) is 1.74. The Morgan fingerprint density at radius 3 is 2.93 bits per heavy atom. The molecule has 0 aromatic carbocycles. The highest BCUT2D eigenvalue weighted by Crippen LogP contribution is 2.11. The minimum atomic E-state index is -0.125. The molecule has 1 aliphatic heterocycles. The van der Waals surface area contributed by atoms with Crippen molar-refractivity contribution in [1.29, 1.82) is 0 Å². The van der Waals surface area contributed by atoms with Gasteiger partial charge in [-0.05, 0) is 12.8 Å². The Morgan fingerprint density at radius 1 is 1.73 bits per heavy atom. The van der Waals surface area contributed by atoms with Crippen molar-refractivity contribution < 1.29 is 9.59 Å².